The summed E-state index contributed by atoms with van der Waals surface area (Å²) in [6.07, 6.45) is 4.66. The first-order chi connectivity index (χ1) is 10.0. The van der Waals surface area contributed by atoms with E-state index in [0.29, 0.717) is 5.13 Å². The van der Waals surface area contributed by atoms with Gasteiger partial charge in [0, 0.05) is 10.9 Å². The van der Waals surface area contributed by atoms with Gasteiger partial charge in [-0.1, -0.05) is 19.8 Å². The van der Waals surface area contributed by atoms with Crippen LogP contribution in [0.2, 0.25) is 0 Å². The third kappa shape index (κ3) is 3.93. The van der Waals surface area contributed by atoms with E-state index in [-0.39, 0.29) is 18.6 Å². The van der Waals surface area contributed by atoms with Crippen LogP contribution in [0.25, 0.3) is 0 Å². The number of carbonyl (C=O) groups is 2. The lowest BCUT2D eigenvalue weighted by atomic mass is 10.2. The van der Waals surface area contributed by atoms with E-state index in [1.54, 1.807) is 0 Å². The first-order valence-corrected chi connectivity index (χ1v) is 8.08. The Kier molecular flexibility index (Phi) is 5.17. The van der Waals surface area contributed by atoms with E-state index in [9.17, 15) is 9.59 Å². The molecule has 2 N–H and O–H groups in total. The molecule has 1 heterocycles. The summed E-state index contributed by atoms with van der Waals surface area (Å²) in [5.41, 5.74) is 0.973. The van der Waals surface area contributed by atoms with Gasteiger partial charge in [0.1, 0.15) is 6.54 Å². The number of nitrogens with one attached hydrogen (secondary N) is 1. The Morgan fingerprint density at radius 2 is 2.10 bits per heavy atom. The highest BCUT2D eigenvalue weighted by Gasteiger charge is 2.28. The Balaban J connectivity index is 2.07. The van der Waals surface area contributed by atoms with Gasteiger partial charge in [-0.25, -0.2) is 9.78 Å². The fraction of sp³-hybridized carbons (Fsp3) is 0.643. The molecule has 0 aromatic carbocycles. The van der Waals surface area contributed by atoms with Crippen LogP contribution in [-0.2, 0) is 11.2 Å². The minimum atomic E-state index is -0.985. The zero-order valence-corrected chi connectivity index (χ0v) is 13.2. The SMILES string of the molecule is CCc1nc(NC(=O)N(CC(=O)O)C2CCCC2)sc1C. The van der Waals surface area contributed by atoms with Gasteiger partial charge in [-0.2, -0.15) is 0 Å². The lowest BCUT2D eigenvalue weighted by Gasteiger charge is -2.26. The number of thiazole rings is 1. The van der Waals surface area contributed by atoms with E-state index < -0.39 is 5.97 Å². The molecule has 116 valence electrons. The number of anilines is 1. The fourth-order valence-corrected chi connectivity index (χ4v) is 3.59. The van der Waals surface area contributed by atoms with Crippen molar-refractivity contribution in [1.82, 2.24) is 9.88 Å². The number of hydrogen-bond acceptors (Lipinski definition) is 4. The first kappa shape index (κ1) is 15.8. The van der Waals surface area contributed by atoms with Crippen molar-refractivity contribution in [3.63, 3.8) is 0 Å². The van der Waals surface area contributed by atoms with Crippen LogP contribution in [0.1, 0.15) is 43.2 Å². The predicted octanol–water partition coefficient (Wildman–Crippen LogP) is 2.88. The van der Waals surface area contributed by atoms with E-state index in [4.69, 9.17) is 5.11 Å². The summed E-state index contributed by atoms with van der Waals surface area (Å²) in [6.45, 7) is 3.72. The van der Waals surface area contributed by atoms with Crippen molar-refractivity contribution in [3.05, 3.63) is 10.6 Å². The number of aryl methyl sites for hydroxylation is 2. The number of carboxylic acid groups (broad SMARTS) is 1. The number of aliphatic carboxylic acids is 1. The molecule has 6 nitrogen and oxygen atoms in total. The molecular formula is C14H21N3O3S. The molecule has 21 heavy (non-hydrogen) atoms. The van der Waals surface area contributed by atoms with Gasteiger partial charge in [0.15, 0.2) is 5.13 Å². The molecule has 0 bridgehead atoms. The molecule has 1 aromatic rings. The Morgan fingerprint density at radius 1 is 1.43 bits per heavy atom. The molecule has 1 saturated carbocycles. The van der Waals surface area contributed by atoms with Gasteiger partial charge in [-0.3, -0.25) is 10.1 Å². The molecule has 0 unspecified atom stereocenters. The van der Waals surface area contributed by atoms with Crippen LogP contribution in [0.5, 0.6) is 0 Å². The van der Waals surface area contributed by atoms with Crippen molar-refractivity contribution in [2.45, 2.75) is 52.0 Å². The highest BCUT2D eigenvalue weighted by molar-refractivity contribution is 7.15. The molecule has 0 aliphatic heterocycles. The smallest absolute Gasteiger partial charge is 0.324 e. The van der Waals surface area contributed by atoms with Crippen LogP contribution < -0.4 is 5.32 Å². The number of carboxylic acids is 1. The lowest BCUT2D eigenvalue weighted by Crippen LogP contribution is -2.44. The van der Waals surface area contributed by atoms with E-state index in [1.165, 1.54) is 16.2 Å². The topological polar surface area (TPSA) is 82.5 Å². The van der Waals surface area contributed by atoms with Gasteiger partial charge in [0.2, 0.25) is 0 Å². The van der Waals surface area contributed by atoms with Crippen molar-refractivity contribution in [1.29, 1.82) is 0 Å². The molecular weight excluding hydrogens is 290 g/mol. The van der Waals surface area contributed by atoms with E-state index >= 15 is 0 Å². The zero-order chi connectivity index (χ0) is 15.4. The Hall–Kier alpha value is -1.63. The van der Waals surface area contributed by atoms with Crippen LogP contribution in [0.15, 0.2) is 0 Å². The molecule has 2 rings (SSSR count). The first-order valence-electron chi connectivity index (χ1n) is 7.27. The van der Waals surface area contributed by atoms with Gasteiger partial charge in [-0.05, 0) is 26.2 Å². The molecule has 1 fully saturated rings. The van der Waals surface area contributed by atoms with Gasteiger partial charge < -0.3 is 10.0 Å². The average Bonchev–Trinajstić information content (AvgIpc) is 3.05. The summed E-state index contributed by atoms with van der Waals surface area (Å²) < 4.78 is 0. The quantitative estimate of drug-likeness (QED) is 0.876. The number of nitrogens with zero attached hydrogens (tertiary/aromatic N) is 2. The molecule has 0 saturated heterocycles. The van der Waals surface area contributed by atoms with E-state index in [2.05, 4.69) is 10.3 Å². The van der Waals surface area contributed by atoms with E-state index in [1.807, 2.05) is 13.8 Å². The minimum Gasteiger partial charge on any atom is -0.480 e. The molecule has 0 radical (unpaired) electrons. The van der Waals surface area contributed by atoms with Gasteiger partial charge in [-0.15, -0.1) is 11.3 Å². The third-order valence-corrected chi connectivity index (χ3v) is 4.70. The summed E-state index contributed by atoms with van der Waals surface area (Å²) in [5, 5.41) is 12.3. The second kappa shape index (κ2) is 6.89. The normalized spacial score (nSPS) is 15.1. The molecule has 7 heteroatoms. The zero-order valence-electron chi connectivity index (χ0n) is 12.4. The molecule has 0 spiro atoms. The summed E-state index contributed by atoms with van der Waals surface area (Å²) in [6, 6.07) is -0.339. The predicted molar refractivity (Wildman–Crippen MR) is 81.8 cm³/mol. The van der Waals surface area contributed by atoms with Gasteiger partial charge in [0.25, 0.3) is 0 Å². The summed E-state index contributed by atoms with van der Waals surface area (Å²) in [7, 11) is 0. The molecule has 1 aliphatic rings. The minimum absolute atomic E-state index is 0.0211. The highest BCUT2D eigenvalue weighted by atomic mass is 32.1. The van der Waals surface area contributed by atoms with Crippen LogP contribution in [0.3, 0.4) is 0 Å². The number of hydrogen-bond donors (Lipinski definition) is 2. The van der Waals surface area contributed by atoms with Crippen molar-refractivity contribution in [2.75, 3.05) is 11.9 Å². The van der Waals surface area contributed by atoms with Crippen LogP contribution in [0, 0.1) is 6.92 Å². The molecule has 1 aliphatic carbocycles. The van der Waals surface area contributed by atoms with Crippen molar-refractivity contribution in [2.24, 2.45) is 0 Å². The largest absolute Gasteiger partial charge is 0.480 e. The average molecular weight is 311 g/mol. The maximum Gasteiger partial charge on any atom is 0.324 e. The van der Waals surface area contributed by atoms with Crippen LogP contribution in [0.4, 0.5) is 9.93 Å². The molecule has 0 atom stereocenters. The molecule has 2 amide bonds. The van der Waals surface area contributed by atoms with Crippen molar-refractivity contribution < 1.29 is 14.7 Å². The monoisotopic (exact) mass is 311 g/mol. The third-order valence-electron chi connectivity index (χ3n) is 3.77. The summed E-state index contributed by atoms with van der Waals surface area (Å²) >= 11 is 1.43. The van der Waals surface area contributed by atoms with Crippen LogP contribution in [-0.4, -0.2) is 39.6 Å². The van der Waals surface area contributed by atoms with E-state index in [0.717, 1.165) is 42.7 Å². The summed E-state index contributed by atoms with van der Waals surface area (Å²) in [5.74, 6) is -0.985. The standard InChI is InChI=1S/C14H21N3O3S/c1-3-11-9(2)21-13(15-11)16-14(20)17(8-12(18)19)10-6-4-5-7-10/h10H,3-8H2,1-2H3,(H,18,19)(H,15,16,20). The summed E-state index contributed by atoms with van der Waals surface area (Å²) in [4.78, 5) is 30.2. The maximum atomic E-state index is 12.4. The number of aromatic nitrogens is 1. The lowest BCUT2D eigenvalue weighted by molar-refractivity contribution is -0.138. The number of rotatable bonds is 5. The Labute approximate surface area is 128 Å². The fourth-order valence-electron chi connectivity index (χ4n) is 2.70. The second-order valence-corrected chi connectivity index (χ2v) is 6.47. The number of amides is 2. The Bertz CT molecular complexity index is 524. The number of urea groups is 1. The highest BCUT2D eigenvalue weighted by Crippen LogP contribution is 2.26. The maximum absolute atomic E-state index is 12.4. The molecule has 1 aromatic heterocycles. The van der Waals surface area contributed by atoms with Gasteiger partial charge >= 0.3 is 12.0 Å². The van der Waals surface area contributed by atoms with Gasteiger partial charge in [0.05, 0.1) is 5.69 Å². The van der Waals surface area contributed by atoms with Crippen molar-refractivity contribution >= 4 is 28.5 Å². The number of carbonyl (C=O) groups excluding carboxylic acids is 1. The van der Waals surface area contributed by atoms with Crippen LogP contribution >= 0.6 is 11.3 Å². The second-order valence-electron chi connectivity index (χ2n) is 5.27. The Morgan fingerprint density at radius 3 is 2.62 bits per heavy atom. The van der Waals surface area contributed by atoms with Crippen molar-refractivity contribution in [3.8, 4) is 0 Å².